The lowest BCUT2D eigenvalue weighted by atomic mass is 10.0. The molecule has 0 heterocycles. The van der Waals surface area contributed by atoms with Crippen LogP contribution in [-0.2, 0) is 27.8 Å². The monoisotopic (exact) mass is 596 g/mol. The van der Waals surface area contributed by atoms with Crippen LogP contribution in [0.3, 0.4) is 0 Å². The van der Waals surface area contributed by atoms with Crippen molar-refractivity contribution in [2.75, 3.05) is 27.3 Å². The molecule has 0 unspecified atom stereocenters. The van der Waals surface area contributed by atoms with E-state index in [1.807, 2.05) is 42.5 Å². The summed E-state index contributed by atoms with van der Waals surface area (Å²) in [6, 6.07) is 22.1. The summed E-state index contributed by atoms with van der Waals surface area (Å²) in [5.41, 5.74) is 1.58. The van der Waals surface area contributed by atoms with Gasteiger partial charge in [0.2, 0.25) is 10.0 Å². The van der Waals surface area contributed by atoms with Crippen LogP contribution in [-0.4, -0.2) is 63.4 Å². The second-order valence-corrected chi connectivity index (χ2v) is 12.5. The maximum atomic E-state index is 13.8. The maximum absolute atomic E-state index is 13.8. The quantitative estimate of drug-likeness (QED) is 0.275. The third-order valence-electron chi connectivity index (χ3n) is 7.64. The molecule has 4 rings (SSSR count). The predicted molar refractivity (Wildman–Crippen MR) is 160 cm³/mol. The lowest BCUT2D eigenvalue weighted by Gasteiger charge is -2.31. The van der Waals surface area contributed by atoms with E-state index in [1.54, 1.807) is 31.4 Å². The van der Waals surface area contributed by atoms with Gasteiger partial charge in [0.1, 0.15) is 18.1 Å². The van der Waals surface area contributed by atoms with Crippen molar-refractivity contribution in [1.82, 2.24) is 9.62 Å². The van der Waals surface area contributed by atoms with Gasteiger partial charge < -0.3 is 24.6 Å². The smallest absolute Gasteiger partial charge is 0.407 e. The SMILES string of the molecule is COc1ccc(S(=O)(=O)N(CC2CCCC2)C[C@@H](O)[C@H](Cc2ccccc2)NC(=O)OCc2ccccc2OC)cc1. The van der Waals surface area contributed by atoms with Crippen LogP contribution >= 0.6 is 0 Å². The predicted octanol–water partition coefficient (Wildman–Crippen LogP) is 4.78. The zero-order chi connectivity index (χ0) is 30.0. The van der Waals surface area contributed by atoms with E-state index >= 15 is 0 Å². The molecule has 42 heavy (non-hydrogen) atoms. The lowest BCUT2D eigenvalue weighted by Crippen LogP contribution is -2.51. The van der Waals surface area contributed by atoms with E-state index in [4.69, 9.17) is 14.2 Å². The summed E-state index contributed by atoms with van der Waals surface area (Å²) < 4.78 is 45.0. The third-order valence-corrected chi connectivity index (χ3v) is 9.49. The minimum Gasteiger partial charge on any atom is -0.497 e. The summed E-state index contributed by atoms with van der Waals surface area (Å²) in [5, 5.41) is 14.3. The molecule has 0 spiro atoms. The highest BCUT2D eigenvalue weighted by Gasteiger charge is 2.33. The van der Waals surface area contributed by atoms with Crippen LogP contribution in [0.25, 0.3) is 0 Å². The molecule has 1 saturated carbocycles. The van der Waals surface area contributed by atoms with E-state index in [-0.39, 0.29) is 30.4 Å². The molecule has 10 heteroatoms. The largest absolute Gasteiger partial charge is 0.497 e. The number of rotatable bonds is 14. The summed E-state index contributed by atoms with van der Waals surface area (Å²) in [5.74, 6) is 1.35. The zero-order valence-electron chi connectivity index (χ0n) is 24.1. The van der Waals surface area contributed by atoms with Gasteiger partial charge in [0.15, 0.2) is 0 Å². The van der Waals surface area contributed by atoms with Gasteiger partial charge in [-0.2, -0.15) is 4.31 Å². The van der Waals surface area contributed by atoms with Crippen LogP contribution in [0.5, 0.6) is 11.5 Å². The highest BCUT2D eigenvalue weighted by Crippen LogP contribution is 2.29. The van der Waals surface area contributed by atoms with Crippen molar-refractivity contribution < 1.29 is 32.5 Å². The average Bonchev–Trinajstić information content (AvgIpc) is 3.53. The van der Waals surface area contributed by atoms with Crippen molar-refractivity contribution >= 4 is 16.1 Å². The molecule has 1 amide bonds. The maximum Gasteiger partial charge on any atom is 0.407 e. The molecule has 3 aromatic carbocycles. The van der Waals surface area contributed by atoms with Crippen LogP contribution in [0, 0.1) is 5.92 Å². The first-order valence-corrected chi connectivity index (χ1v) is 15.7. The fourth-order valence-electron chi connectivity index (χ4n) is 5.29. The molecule has 1 fully saturated rings. The van der Waals surface area contributed by atoms with Crippen molar-refractivity contribution in [2.24, 2.45) is 5.92 Å². The van der Waals surface area contributed by atoms with E-state index in [1.165, 1.54) is 23.5 Å². The van der Waals surface area contributed by atoms with Crippen molar-refractivity contribution in [3.63, 3.8) is 0 Å². The number of ether oxygens (including phenoxy) is 3. The first kappa shape index (κ1) is 31.3. The number of hydrogen-bond donors (Lipinski definition) is 2. The number of carbonyl (C=O) groups is 1. The number of methoxy groups -OCH3 is 2. The molecular weight excluding hydrogens is 556 g/mol. The number of carbonyl (C=O) groups excluding carboxylic acids is 1. The molecule has 0 aliphatic heterocycles. The van der Waals surface area contributed by atoms with E-state index < -0.39 is 28.3 Å². The minimum atomic E-state index is -3.94. The van der Waals surface area contributed by atoms with Crippen LogP contribution in [0.1, 0.15) is 36.8 Å². The average molecular weight is 597 g/mol. The van der Waals surface area contributed by atoms with Crippen LogP contribution in [0.2, 0.25) is 0 Å². The third kappa shape index (κ3) is 8.47. The number of sulfonamides is 1. The Balaban J connectivity index is 1.53. The first-order chi connectivity index (χ1) is 20.3. The Morgan fingerprint density at radius 2 is 1.62 bits per heavy atom. The Hall–Kier alpha value is -3.60. The van der Waals surface area contributed by atoms with E-state index in [0.29, 0.717) is 23.6 Å². The van der Waals surface area contributed by atoms with Gasteiger partial charge in [-0.25, -0.2) is 13.2 Å². The van der Waals surface area contributed by atoms with Crippen LogP contribution < -0.4 is 14.8 Å². The molecule has 1 aliphatic carbocycles. The van der Waals surface area contributed by atoms with Crippen LogP contribution in [0.4, 0.5) is 4.79 Å². The number of benzene rings is 3. The summed E-state index contributed by atoms with van der Waals surface area (Å²) in [7, 11) is -0.872. The molecule has 0 radical (unpaired) electrons. The Morgan fingerprint density at radius 3 is 2.29 bits per heavy atom. The molecule has 226 valence electrons. The fourth-order valence-corrected chi connectivity index (χ4v) is 6.83. The van der Waals surface area contributed by atoms with Gasteiger partial charge in [0.05, 0.1) is 31.3 Å². The van der Waals surface area contributed by atoms with Crippen molar-refractivity contribution in [2.45, 2.75) is 55.8 Å². The molecule has 2 N–H and O–H groups in total. The van der Waals surface area contributed by atoms with Crippen LogP contribution in [0.15, 0.2) is 83.8 Å². The first-order valence-electron chi connectivity index (χ1n) is 14.2. The minimum absolute atomic E-state index is 0.0242. The summed E-state index contributed by atoms with van der Waals surface area (Å²) >= 11 is 0. The molecule has 9 nitrogen and oxygen atoms in total. The lowest BCUT2D eigenvalue weighted by molar-refractivity contribution is 0.0864. The van der Waals surface area contributed by atoms with Crippen molar-refractivity contribution in [1.29, 1.82) is 0 Å². The van der Waals surface area contributed by atoms with Crippen molar-refractivity contribution in [3.8, 4) is 11.5 Å². The molecule has 1 aliphatic rings. The summed E-state index contributed by atoms with van der Waals surface area (Å²) in [6.07, 6.45) is 2.34. The molecule has 0 bridgehead atoms. The number of alkyl carbamates (subject to hydrolysis) is 1. The fraction of sp³-hybridized carbons (Fsp3) is 0.406. The Kier molecular flexibility index (Phi) is 11.2. The van der Waals surface area contributed by atoms with Gasteiger partial charge in [0, 0.05) is 18.7 Å². The van der Waals surface area contributed by atoms with E-state index in [0.717, 1.165) is 31.2 Å². The standard InChI is InChI=1S/C32H40N2O7S/c1-39-27-16-18-28(19-17-27)42(37,38)34(21-25-12-6-7-13-25)22-30(35)29(20-24-10-4-3-5-11-24)33-32(36)41-23-26-14-8-9-15-31(26)40-2/h3-5,8-11,14-19,25,29-30,35H,6-7,12-13,20-23H2,1-2H3,(H,33,36)/t29-,30+/m0/s1. The van der Waals surface area contributed by atoms with E-state index in [9.17, 15) is 18.3 Å². The number of aliphatic hydroxyl groups excluding tert-OH is 1. The summed E-state index contributed by atoms with van der Waals surface area (Å²) in [4.78, 5) is 13.1. The van der Waals surface area contributed by atoms with Gasteiger partial charge in [-0.15, -0.1) is 0 Å². The molecule has 3 aromatic rings. The Labute approximate surface area is 248 Å². The number of nitrogens with zero attached hydrogens (tertiary/aromatic N) is 1. The highest BCUT2D eigenvalue weighted by molar-refractivity contribution is 7.89. The zero-order valence-corrected chi connectivity index (χ0v) is 25.0. The number of aliphatic hydroxyl groups is 1. The van der Waals surface area contributed by atoms with Gasteiger partial charge in [-0.1, -0.05) is 61.4 Å². The van der Waals surface area contributed by atoms with Gasteiger partial charge >= 0.3 is 6.09 Å². The van der Waals surface area contributed by atoms with Gasteiger partial charge in [0.25, 0.3) is 0 Å². The number of hydrogen-bond acceptors (Lipinski definition) is 7. The second kappa shape index (κ2) is 15.0. The Bertz CT molecular complexity index is 1380. The Morgan fingerprint density at radius 1 is 0.952 bits per heavy atom. The summed E-state index contributed by atoms with van der Waals surface area (Å²) in [6.45, 7) is 0.0839. The van der Waals surface area contributed by atoms with Gasteiger partial charge in [-0.05, 0) is 61.1 Å². The highest BCUT2D eigenvalue weighted by atomic mass is 32.2. The number of nitrogens with one attached hydrogen (secondary N) is 1. The van der Waals surface area contributed by atoms with Crippen molar-refractivity contribution in [3.05, 3.63) is 90.0 Å². The molecule has 0 saturated heterocycles. The number of amides is 1. The van der Waals surface area contributed by atoms with E-state index in [2.05, 4.69) is 5.32 Å². The normalized spacial score (nSPS) is 15.2. The van der Waals surface area contributed by atoms with Gasteiger partial charge in [-0.3, -0.25) is 0 Å². The molecule has 2 atom stereocenters. The molecular formula is C32H40N2O7S. The number of para-hydroxylation sites is 1. The molecule has 0 aromatic heterocycles. The second-order valence-electron chi connectivity index (χ2n) is 10.5. The topological polar surface area (TPSA) is 114 Å².